The van der Waals surface area contributed by atoms with Crippen molar-refractivity contribution in [1.82, 2.24) is 0 Å². The smallest absolute Gasteiger partial charge is 0.123 e. The van der Waals surface area contributed by atoms with Gasteiger partial charge < -0.3 is 9.47 Å². The second kappa shape index (κ2) is 7.96. The van der Waals surface area contributed by atoms with Gasteiger partial charge in [0.1, 0.15) is 24.7 Å². The maximum Gasteiger partial charge on any atom is 0.123 e. The lowest BCUT2D eigenvalue weighted by atomic mass is 9.88. The molecule has 2 nitrogen and oxygen atoms in total. The van der Waals surface area contributed by atoms with E-state index in [1.165, 1.54) is 22.6 Å². The predicted octanol–water partition coefficient (Wildman–Crippen LogP) is 5.22. The van der Waals surface area contributed by atoms with Crippen molar-refractivity contribution in [3.63, 3.8) is 0 Å². The molecule has 0 spiro atoms. The SMILES string of the molecule is CCC(c1ccccc1OCC1CS1)c1ccccc1OCC1CS1. The van der Waals surface area contributed by atoms with Crippen LogP contribution in [0.25, 0.3) is 0 Å². The summed E-state index contributed by atoms with van der Waals surface area (Å²) in [4.78, 5) is 0. The third-order valence-corrected chi connectivity index (χ3v) is 6.53. The highest BCUT2D eigenvalue weighted by Gasteiger charge is 2.26. The van der Waals surface area contributed by atoms with Crippen molar-refractivity contribution in [2.75, 3.05) is 24.7 Å². The maximum atomic E-state index is 6.15. The molecule has 25 heavy (non-hydrogen) atoms. The van der Waals surface area contributed by atoms with Gasteiger partial charge in [0.2, 0.25) is 0 Å². The summed E-state index contributed by atoms with van der Waals surface area (Å²) in [6.45, 7) is 3.87. The second-order valence-corrected chi connectivity index (χ2v) is 9.24. The van der Waals surface area contributed by atoms with E-state index in [1.54, 1.807) is 0 Å². The molecule has 0 aliphatic carbocycles. The minimum absolute atomic E-state index is 0.297. The maximum absolute atomic E-state index is 6.15. The Morgan fingerprint density at radius 1 is 0.840 bits per heavy atom. The molecule has 2 aromatic carbocycles. The molecule has 2 fully saturated rings. The van der Waals surface area contributed by atoms with Gasteiger partial charge in [-0.1, -0.05) is 43.3 Å². The molecule has 2 saturated heterocycles. The first-order valence-corrected chi connectivity index (χ1v) is 11.1. The van der Waals surface area contributed by atoms with Crippen LogP contribution in [0, 0.1) is 0 Å². The molecule has 132 valence electrons. The van der Waals surface area contributed by atoms with Gasteiger partial charge in [0.05, 0.1) is 0 Å². The molecule has 0 radical (unpaired) electrons. The molecule has 0 saturated carbocycles. The summed E-state index contributed by atoms with van der Waals surface area (Å²) in [6, 6.07) is 17.0. The predicted molar refractivity (Wildman–Crippen MR) is 109 cm³/mol. The van der Waals surface area contributed by atoms with Gasteiger partial charge in [-0.05, 0) is 18.6 Å². The van der Waals surface area contributed by atoms with E-state index in [2.05, 4.69) is 55.5 Å². The van der Waals surface area contributed by atoms with E-state index in [9.17, 15) is 0 Å². The van der Waals surface area contributed by atoms with Crippen molar-refractivity contribution in [1.29, 1.82) is 0 Å². The fourth-order valence-corrected chi connectivity index (χ4v) is 3.89. The lowest BCUT2D eigenvalue weighted by molar-refractivity contribution is 0.319. The van der Waals surface area contributed by atoms with Crippen LogP contribution in [-0.2, 0) is 0 Å². The number of hydrogen-bond donors (Lipinski definition) is 0. The third-order valence-electron chi connectivity index (χ3n) is 4.65. The van der Waals surface area contributed by atoms with Crippen molar-refractivity contribution < 1.29 is 9.47 Å². The molecular weight excluding hydrogens is 348 g/mol. The Bertz CT molecular complexity index is 651. The fourth-order valence-electron chi connectivity index (χ4n) is 3.10. The Morgan fingerprint density at radius 3 is 1.68 bits per heavy atom. The Hall–Kier alpha value is -1.26. The average Bonchev–Trinajstić information content (AvgIpc) is 3.56. The molecule has 2 aromatic rings. The summed E-state index contributed by atoms with van der Waals surface area (Å²) >= 11 is 3.95. The first-order chi connectivity index (χ1) is 12.3. The topological polar surface area (TPSA) is 18.5 Å². The second-order valence-electron chi connectivity index (χ2n) is 6.57. The summed E-state index contributed by atoms with van der Waals surface area (Å²) < 4.78 is 12.3. The van der Waals surface area contributed by atoms with Crippen LogP contribution < -0.4 is 9.47 Å². The average molecular weight is 373 g/mol. The quantitative estimate of drug-likeness (QED) is 0.562. The molecule has 2 aliphatic rings. The van der Waals surface area contributed by atoms with E-state index in [0.717, 1.165) is 31.1 Å². The summed E-state index contributed by atoms with van der Waals surface area (Å²) in [5.74, 6) is 4.81. The zero-order valence-electron chi connectivity index (χ0n) is 14.5. The van der Waals surface area contributed by atoms with Crippen molar-refractivity contribution >= 4 is 23.5 Å². The van der Waals surface area contributed by atoms with Crippen LogP contribution in [-0.4, -0.2) is 35.2 Å². The van der Waals surface area contributed by atoms with E-state index < -0.39 is 0 Å². The van der Waals surface area contributed by atoms with Crippen LogP contribution in [0.1, 0.15) is 30.4 Å². The van der Waals surface area contributed by atoms with Crippen LogP contribution in [0.15, 0.2) is 48.5 Å². The molecule has 0 amide bonds. The highest BCUT2D eigenvalue weighted by atomic mass is 32.2. The monoisotopic (exact) mass is 372 g/mol. The van der Waals surface area contributed by atoms with E-state index in [1.807, 2.05) is 23.5 Å². The number of thioether (sulfide) groups is 2. The number of benzene rings is 2. The van der Waals surface area contributed by atoms with E-state index in [4.69, 9.17) is 9.47 Å². The minimum atomic E-state index is 0.297. The molecule has 0 aromatic heterocycles. The van der Waals surface area contributed by atoms with Crippen molar-refractivity contribution in [2.24, 2.45) is 0 Å². The van der Waals surface area contributed by atoms with Gasteiger partial charge in [0.15, 0.2) is 0 Å². The summed E-state index contributed by atoms with van der Waals surface area (Å²) in [5, 5.41) is 1.36. The van der Waals surface area contributed by atoms with Gasteiger partial charge in [0.25, 0.3) is 0 Å². The summed E-state index contributed by atoms with van der Waals surface area (Å²) in [6.07, 6.45) is 1.02. The molecular formula is C21H24O2S2. The van der Waals surface area contributed by atoms with E-state index in [-0.39, 0.29) is 0 Å². The molecule has 4 rings (SSSR count). The lowest BCUT2D eigenvalue weighted by Crippen LogP contribution is -2.10. The largest absolute Gasteiger partial charge is 0.492 e. The Kier molecular flexibility index (Phi) is 5.47. The zero-order valence-corrected chi connectivity index (χ0v) is 16.2. The molecule has 0 N–H and O–H groups in total. The number of rotatable bonds is 9. The Labute approximate surface area is 158 Å². The van der Waals surface area contributed by atoms with Crippen LogP contribution in [0.5, 0.6) is 11.5 Å². The van der Waals surface area contributed by atoms with Crippen molar-refractivity contribution in [2.45, 2.75) is 29.8 Å². The van der Waals surface area contributed by atoms with Gasteiger partial charge in [-0.3, -0.25) is 0 Å². The molecule has 2 heterocycles. The van der Waals surface area contributed by atoms with Gasteiger partial charge in [0, 0.05) is 39.1 Å². The normalized spacial score (nSPS) is 22.3. The highest BCUT2D eigenvalue weighted by molar-refractivity contribution is 8.07. The molecule has 4 heteroatoms. The van der Waals surface area contributed by atoms with Crippen LogP contribution >= 0.6 is 23.5 Å². The summed E-state index contributed by atoms with van der Waals surface area (Å²) in [7, 11) is 0. The van der Waals surface area contributed by atoms with Crippen LogP contribution in [0.4, 0.5) is 0 Å². The first kappa shape index (κ1) is 17.2. The third kappa shape index (κ3) is 4.48. The minimum Gasteiger partial charge on any atom is -0.492 e. The van der Waals surface area contributed by atoms with Gasteiger partial charge >= 0.3 is 0 Å². The van der Waals surface area contributed by atoms with E-state index in [0.29, 0.717) is 16.4 Å². The molecule has 2 unspecified atom stereocenters. The number of hydrogen-bond acceptors (Lipinski definition) is 4. The Morgan fingerprint density at radius 2 is 1.28 bits per heavy atom. The van der Waals surface area contributed by atoms with Crippen molar-refractivity contribution in [3.8, 4) is 11.5 Å². The lowest BCUT2D eigenvalue weighted by Gasteiger charge is -2.22. The van der Waals surface area contributed by atoms with Gasteiger partial charge in [-0.2, -0.15) is 23.5 Å². The van der Waals surface area contributed by atoms with Gasteiger partial charge in [-0.25, -0.2) is 0 Å². The first-order valence-electron chi connectivity index (χ1n) is 9.01. The number of para-hydroxylation sites is 2. The summed E-state index contributed by atoms with van der Waals surface area (Å²) in [5.41, 5.74) is 2.54. The zero-order chi connectivity index (χ0) is 17.1. The van der Waals surface area contributed by atoms with Gasteiger partial charge in [-0.15, -0.1) is 0 Å². The van der Waals surface area contributed by atoms with E-state index >= 15 is 0 Å². The number of ether oxygens (including phenoxy) is 2. The standard InChI is InChI=1S/C21H24O2S2/c1-2-17(18-7-3-5-9-20(18)22-11-15-13-24-15)19-8-4-6-10-21(19)23-12-16-14-25-16/h3-10,15-17H,2,11-14H2,1H3. The highest BCUT2D eigenvalue weighted by Crippen LogP contribution is 2.40. The Balaban J connectivity index is 1.59. The molecule has 2 atom stereocenters. The van der Waals surface area contributed by atoms with Crippen LogP contribution in [0.3, 0.4) is 0 Å². The molecule has 2 aliphatic heterocycles. The van der Waals surface area contributed by atoms with Crippen molar-refractivity contribution in [3.05, 3.63) is 59.7 Å². The fraction of sp³-hybridized carbons (Fsp3) is 0.429. The molecule has 0 bridgehead atoms. The van der Waals surface area contributed by atoms with Crippen LogP contribution in [0.2, 0.25) is 0 Å².